The second kappa shape index (κ2) is 7.54. The van der Waals surface area contributed by atoms with Gasteiger partial charge in [0.15, 0.2) is 11.6 Å². The third-order valence-electron chi connectivity index (χ3n) is 4.76. The molecule has 0 saturated heterocycles. The van der Waals surface area contributed by atoms with Crippen molar-refractivity contribution in [3.05, 3.63) is 64.7 Å². The summed E-state index contributed by atoms with van der Waals surface area (Å²) in [5.74, 6) is -0.338. The maximum Gasteiger partial charge on any atom is 0.223 e. The molecular weight excluding hydrogens is 354 g/mol. The highest BCUT2D eigenvalue weighted by Gasteiger charge is 2.39. The predicted molar refractivity (Wildman–Crippen MR) is 107 cm³/mol. The van der Waals surface area contributed by atoms with Gasteiger partial charge in [-0.15, -0.1) is 0 Å². The number of nitrogens with zero attached hydrogens (tertiary/aromatic N) is 2. The molecule has 0 amide bonds. The summed E-state index contributed by atoms with van der Waals surface area (Å²) in [6.45, 7) is 7.51. The lowest BCUT2D eigenvalue weighted by Crippen LogP contribution is -2.40. The lowest BCUT2D eigenvalue weighted by Gasteiger charge is -2.32. The summed E-state index contributed by atoms with van der Waals surface area (Å²) in [4.78, 5) is 34.8. The zero-order chi connectivity index (χ0) is 20.5. The molecule has 0 radical (unpaired) electrons. The first-order valence-corrected chi connectivity index (χ1v) is 9.29. The first-order valence-electron chi connectivity index (χ1n) is 9.29. The summed E-state index contributed by atoms with van der Waals surface area (Å²) < 4.78 is 0. The predicted octanol–water partition coefficient (Wildman–Crippen LogP) is 3.96. The van der Waals surface area contributed by atoms with Crippen LogP contribution in [0.2, 0.25) is 0 Å². The van der Waals surface area contributed by atoms with Crippen LogP contribution in [0.15, 0.2) is 47.7 Å². The third-order valence-corrected chi connectivity index (χ3v) is 4.76. The van der Waals surface area contributed by atoms with Gasteiger partial charge in [0, 0.05) is 29.8 Å². The van der Waals surface area contributed by atoms with Gasteiger partial charge in [0.2, 0.25) is 5.95 Å². The Labute approximate surface area is 164 Å². The van der Waals surface area contributed by atoms with Crippen molar-refractivity contribution in [3.63, 3.8) is 0 Å². The molecule has 0 bridgehead atoms. The molecule has 1 atom stereocenters. The highest BCUT2D eigenvalue weighted by molar-refractivity contribution is 6.11. The smallest absolute Gasteiger partial charge is 0.223 e. The van der Waals surface area contributed by atoms with Crippen molar-refractivity contribution in [2.45, 2.75) is 46.6 Å². The molecule has 1 aromatic heterocycles. The van der Waals surface area contributed by atoms with Crippen LogP contribution < -0.4 is 5.32 Å². The molecular formula is C22H25N3O3. The fraction of sp³-hybridized carbons (Fsp3) is 0.364. The number of anilines is 1. The quantitative estimate of drug-likeness (QED) is 0.764. The Morgan fingerprint density at radius 1 is 1.11 bits per heavy atom. The molecule has 0 aliphatic heterocycles. The van der Waals surface area contributed by atoms with Crippen LogP contribution in [0.25, 0.3) is 0 Å². The van der Waals surface area contributed by atoms with Gasteiger partial charge < -0.3 is 10.4 Å². The van der Waals surface area contributed by atoms with E-state index >= 15 is 0 Å². The van der Waals surface area contributed by atoms with Crippen LogP contribution in [0.5, 0.6) is 0 Å². The van der Waals surface area contributed by atoms with E-state index in [1.165, 1.54) is 0 Å². The number of Topliss-reactive ketones (excluding diaryl/α,β-unsaturated/α-hetero) is 2. The van der Waals surface area contributed by atoms with Gasteiger partial charge in [0.25, 0.3) is 0 Å². The number of nitrogens with one attached hydrogen (secondary N) is 1. The van der Waals surface area contributed by atoms with Crippen molar-refractivity contribution in [1.82, 2.24) is 9.97 Å². The Hall–Kier alpha value is -3.02. The maximum atomic E-state index is 13.3. The molecule has 2 aromatic rings. The zero-order valence-electron chi connectivity index (χ0n) is 16.6. The molecule has 146 valence electrons. The first-order chi connectivity index (χ1) is 13.2. The van der Waals surface area contributed by atoms with Gasteiger partial charge in [0.05, 0.1) is 5.57 Å². The summed E-state index contributed by atoms with van der Waals surface area (Å²) in [7, 11) is 0. The van der Waals surface area contributed by atoms with Crippen LogP contribution in [-0.2, 0) is 4.79 Å². The number of aliphatic hydroxyl groups excluding tert-OH is 1. The van der Waals surface area contributed by atoms with E-state index in [1.54, 1.807) is 24.3 Å². The Morgan fingerprint density at radius 3 is 2.29 bits per heavy atom. The van der Waals surface area contributed by atoms with Crippen LogP contribution in [0.1, 0.15) is 48.4 Å². The van der Waals surface area contributed by atoms with E-state index in [1.807, 2.05) is 39.8 Å². The van der Waals surface area contributed by atoms with Crippen molar-refractivity contribution in [2.75, 3.05) is 5.32 Å². The van der Waals surface area contributed by atoms with Crippen LogP contribution in [0.3, 0.4) is 0 Å². The van der Waals surface area contributed by atoms with E-state index in [0.29, 0.717) is 12.0 Å². The lowest BCUT2D eigenvalue weighted by molar-refractivity contribution is -0.118. The number of carbonyl (C=O) groups is 2. The monoisotopic (exact) mass is 379 g/mol. The molecule has 1 aliphatic rings. The minimum Gasteiger partial charge on any atom is -0.512 e. The molecule has 1 unspecified atom stereocenters. The Balaban J connectivity index is 2.06. The zero-order valence-corrected chi connectivity index (χ0v) is 16.6. The summed E-state index contributed by atoms with van der Waals surface area (Å²) in [6.07, 6.45) is 0.600. The molecule has 3 rings (SSSR count). The molecule has 1 aromatic carbocycles. The summed E-state index contributed by atoms with van der Waals surface area (Å²) in [5, 5.41) is 13.7. The van der Waals surface area contributed by atoms with E-state index in [4.69, 9.17) is 0 Å². The molecule has 28 heavy (non-hydrogen) atoms. The molecule has 0 spiro atoms. The fourth-order valence-electron chi connectivity index (χ4n) is 3.59. The molecule has 0 saturated carbocycles. The van der Waals surface area contributed by atoms with Crippen LogP contribution in [0.4, 0.5) is 5.95 Å². The largest absolute Gasteiger partial charge is 0.512 e. The van der Waals surface area contributed by atoms with Crippen molar-refractivity contribution < 1.29 is 14.7 Å². The number of aliphatic hydroxyl groups is 1. The van der Waals surface area contributed by atoms with Gasteiger partial charge in [-0.1, -0.05) is 44.2 Å². The van der Waals surface area contributed by atoms with Crippen molar-refractivity contribution in [2.24, 2.45) is 5.41 Å². The topological polar surface area (TPSA) is 92.2 Å². The fourth-order valence-corrected chi connectivity index (χ4v) is 3.59. The average Bonchev–Trinajstić information content (AvgIpc) is 2.58. The van der Waals surface area contributed by atoms with Crippen molar-refractivity contribution in [1.29, 1.82) is 0 Å². The number of allylic oxidation sites excluding steroid dienone is 1. The van der Waals surface area contributed by atoms with Gasteiger partial charge >= 0.3 is 0 Å². The standard InChI is InChI=1S/C22H25N3O3/c1-13-10-14(2)24-21(23-13)25-19(20(28)15-8-6-5-7-9-15)18-16(26)11-22(3,4)12-17(18)27/h5-10,19,26H,11-12H2,1-4H3,(H,23,24,25). The minimum absolute atomic E-state index is 0.0487. The number of hydrogen-bond donors (Lipinski definition) is 2. The van der Waals surface area contributed by atoms with Gasteiger partial charge in [-0.05, 0) is 25.3 Å². The van der Waals surface area contributed by atoms with Crippen LogP contribution in [0, 0.1) is 19.3 Å². The van der Waals surface area contributed by atoms with E-state index in [2.05, 4.69) is 15.3 Å². The number of aryl methyl sites for hydroxylation is 2. The molecule has 0 fully saturated rings. The molecule has 1 heterocycles. The Morgan fingerprint density at radius 2 is 1.71 bits per heavy atom. The SMILES string of the molecule is Cc1cc(C)nc(NC(C(=O)c2ccccc2)C2=C(O)CC(C)(C)CC2=O)n1. The van der Waals surface area contributed by atoms with Gasteiger partial charge in [-0.2, -0.15) is 0 Å². The Bertz CT molecular complexity index is 929. The highest BCUT2D eigenvalue weighted by Crippen LogP contribution is 2.37. The minimum atomic E-state index is -1.05. The number of benzene rings is 1. The van der Waals surface area contributed by atoms with E-state index in [-0.39, 0.29) is 40.7 Å². The maximum absolute atomic E-state index is 13.3. The summed E-state index contributed by atoms with van der Waals surface area (Å²) >= 11 is 0. The number of rotatable bonds is 5. The van der Waals surface area contributed by atoms with Crippen molar-refractivity contribution >= 4 is 17.5 Å². The van der Waals surface area contributed by atoms with E-state index in [0.717, 1.165) is 11.4 Å². The number of hydrogen-bond acceptors (Lipinski definition) is 6. The van der Waals surface area contributed by atoms with Crippen molar-refractivity contribution in [3.8, 4) is 0 Å². The van der Waals surface area contributed by atoms with Crippen LogP contribution in [-0.4, -0.2) is 32.7 Å². The molecule has 1 aliphatic carbocycles. The number of ketones is 2. The van der Waals surface area contributed by atoms with E-state index in [9.17, 15) is 14.7 Å². The van der Waals surface area contributed by atoms with E-state index < -0.39 is 6.04 Å². The summed E-state index contributed by atoms with van der Waals surface area (Å²) in [5.41, 5.74) is 1.70. The average molecular weight is 379 g/mol. The first kappa shape index (κ1) is 19.7. The van der Waals surface area contributed by atoms with Gasteiger partial charge in [-0.3, -0.25) is 9.59 Å². The van der Waals surface area contributed by atoms with Gasteiger partial charge in [-0.25, -0.2) is 9.97 Å². The third kappa shape index (κ3) is 4.27. The second-order valence-electron chi connectivity index (χ2n) is 8.08. The lowest BCUT2D eigenvalue weighted by atomic mass is 9.74. The Kier molecular flexibility index (Phi) is 5.31. The molecule has 6 heteroatoms. The second-order valence-corrected chi connectivity index (χ2v) is 8.08. The normalized spacial score (nSPS) is 17.4. The molecule has 6 nitrogen and oxygen atoms in total. The highest BCUT2D eigenvalue weighted by atomic mass is 16.3. The summed E-state index contributed by atoms with van der Waals surface area (Å²) in [6, 6.07) is 9.49. The van der Waals surface area contributed by atoms with Gasteiger partial charge in [0.1, 0.15) is 11.8 Å². The number of aromatic nitrogens is 2. The molecule has 2 N–H and O–H groups in total. The number of carbonyl (C=O) groups excluding carboxylic acids is 2. The van der Waals surface area contributed by atoms with Crippen LogP contribution >= 0.6 is 0 Å².